The van der Waals surface area contributed by atoms with Crippen molar-refractivity contribution in [3.05, 3.63) is 102 Å². The normalized spacial score (nSPS) is 11.3. The quantitative estimate of drug-likeness (QED) is 0.446. The third-order valence-electron chi connectivity index (χ3n) is 5.16. The van der Waals surface area contributed by atoms with Gasteiger partial charge >= 0.3 is 5.97 Å². The molecule has 0 heterocycles. The van der Waals surface area contributed by atoms with Gasteiger partial charge in [-0.25, -0.2) is 17.9 Å². The maximum atomic E-state index is 12.7. The summed E-state index contributed by atoms with van der Waals surface area (Å²) < 4.78 is 33.0. The molecule has 8 heteroatoms. The number of benzene rings is 3. The summed E-state index contributed by atoms with van der Waals surface area (Å²) in [5.74, 6) is -1.10. The first-order valence-corrected chi connectivity index (χ1v) is 12.4. The third-order valence-corrected chi connectivity index (χ3v) is 6.55. The summed E-state index contributed by atoms with van der Waals surface area (Å²) in [7, 11) is -3.84. The van der Waals surface area contributed by atoms with E-state index < -0.39 is 22.6 Å². The third kappa shape index (κ3) is 7.00. The van der Waals surface area contributed by atoms with Crippen molar-refractivity contribution in [1.29, 1.82) is 0 Å². The van der Waals surface area contributed by atoms with E-state index in [4.69, 9.17) is 4.74 Å². The topological polar surface area (TPSA) is 92.8 Å². The van der Waals surface area contributed by atoms with Crippen LogP contribution in [0.1, 0.15) is 35.3 Å². The molecular formula is C26H28N2O5S. The van der Waals surface area contributed by atoms with Crippen molar-refractivity contribution in [2.45, 2.75) is 37.9 Å². The minimum absolute atomic E-state index is 0.0505. The maximum absolute atomic E-state index is 12.7. The monoisotopic (exact) mass is 480 g/mol. The highest BCUT2D eigenvalue weighted by atomic mass is 32.2. The fraction of sp³-hybridized carbons (Fsp3) is 0.231. The van der Waals surface area contributed by atoms with Crippen molar-refractivity contribution >= 4 is 21.9 Å². The summed E-state index contributed by atoms with van der Waals surface area (Å²) in [5, 5.41) is 0. The van der Waals surface area contributed by atoms with Gasteiger partial charge in [0.2, 0.25) is 10.0 Å². The summed E-state index contributed by atoms with van der Waals surface area (Å²) in [6, 6.07) is 24.1. The molecule has 0 aliphatic heterocycles. The zero-order chi connectivity index (χ0) is 24.6. The summed E-state index contributed by atoms with van der Waals surface area (Å²) in [6.07, 6.45) is 0. The van der Waals surface area contributed by atoms with E-state index in [1.54, 1.807) is 4.90 Å². The van der Waals surface area contributed by atoms with Crippen molar-refractivity contribution < 1.29 is 22.7 Å². The molecule has 0 aromatic heterocycles. The van der Waals surface area contributed by atoms with E-state index in [0.29, 0.717) is 6.54 Å². The Labute approximate surface area is 200 Å². The summed E-state index contributed by atoms with van der Waals surface area (Å²) in [4.78, 5) is 26.8. The second kappa shape index (κ2) is 11.6. The van der Waals surface area contributed by atoms with Crippen LogP contribution in [0.4, 0.5) is 0 Å². The van der Waals surface area contributed by atoms with E-state index >= 15 is 0 Å². The van der Waals surface area contributed by atoms with Gasteiger partial charge in [-0.05, 0) is 43.2 Å². The van der Waals surface area contributed by atoms with Gasteiger partial charge in [-0.2, -0.15) is 0 Å². The summed E-state index contributed by atoms with van der Waals surface area (Å²) >= 11 is 0. The van der Waals surface area contributed by atoms with Gasteiger partial charge in [0.25, 0.3) is 5.91 Å². The Bertz CT molecular complexity index is 1210. The minimum Gasteiger partial charge on any atom is -0.452 e. The van der Waals surface area contributed by atoms with E-state index in [-0.39, 0.29) is 29.0 Å². The lowest BCUT2D eigenvalue weighted by molar-refractivity contribution is -0.136. The number of esters is 1. The number of ether oxygens (including phenoxy) is 1. The zero-order valence-electron chi connectivity index (χ0n) is 19.2. The van der Waals surface area contributed by atoms with Gasteiger partial charge in [-0.1, -0.05) is 66.7 Å². The summed E-state index contributed by atoms with van der Waals surface area (Å²) in [6.45, 7) is 3.86. The van der Waals surface area contributed by atoms with E-state index in [9.17, 15) is 18.0 Å². The predicted molar refractivity (Wildman–Crippen MR) is 129 cm³/mol. The van der Waals surface area contributed by atoms with E-state index in [2.05, 4.69) is 4.72 Å². The maximum Gasteiger partial charge on any atom is 0.338 e. The van der Waals surface area contributed by atoms with Crippen LogP contribution in [0.2, 0.25) is 0 Å². The number of hydrogen-bond donors (Lipinski definition) is 1. The number of amides is 1. The Balaban J connectivity index is 1.62. The fourth-order valence-electron chi connectivity index (χ4n) is 3.28. The molecule has 0 atom stereocenters. The molecule has 0 aliphatic carbocycles. The molecule has 3 aromatic rings. The molecule has 0 saturated heterocycles. The Morgan fingerprint density at radius 3 is 2.12 bits per heavy atom. The highest BCUT2D eigenvalue weighted by Gasteiger charge is 2.21. The van der Waals surface area contributed by atoms with Crippen molar-refractivity contribution in [2.24, 2.45) is 0 Å². The van der Waals surface area contributed by atoms with Gasteiger partial charge in [0.05, 0.1) is 10.5 Å². The molecule has 0 saturated carbocycles. The average molecular weight is 481 g/mol. The number of rotatable bonds is 10. The standard InChI is InChI=1S/C26H28N2O5S/c1-20(2)28(18-22-12-7-4-8-13-22)25(29)19-33-26(30)23-14-9-15-24(16-23)34(31,32)27-17-21-10-5-3-6-11-21/h3-16,20,27H,17-19H2,1-2H3. The first-order chi connectivity index (χ1) is 16.3. The van der Waals surface area contributed by atoms with Crippen molar-refractivity contribution in [1.82, 2.24) is 9.62 Å². The largest absolute Gasteiger partial charge is 0.452 e. The molecule has 0 aliphatic rings. The van der Waals surface area contributed by atoms with Gasteiger partial charge < -0.3 is 9.64 Å². The molecule has 0 unspecified atom stereocenters. The first-order valence-electron chi connectivity index (χ1n) is 10.9. The Hall–Kier alpha value is -3.49. The van der Waals surface area contributed by atoms with Crippen LogP contribution >= 0.6 is 0 Å². The molecule has 178 valence electrons. The molecule has 3 rings (SSSR count). The van der Waals surface area contributed by atoms with Crippen LogP contribution in [0.15, 0.2) is 89.8 Å². The van der Waals surface area contributed by atoms with E-state index in [1.807, 2.05) is 74.5 Å². The van der Waals surface area contributed by atoms with Gasteiger partial charge in [0.15, 0.2) is 6.61 Å². The van der Waals surface area contributed by atoms with Crippen LogP contribution in [0, 0.1) is 0 Å². The van der Waals surface area contributed by atoms with E-state index in [0.717, 1.165) is 11.1 Å². The lowest BCUT2D eigenvalue weighted by Gasteiger charge is -2.26. The molecular weight excluding hydrogens is 452 g/mol. The summed E-state index contributed by atoms with van der Waals surface area (Å²) in [5.41, 5.74) is 1.83. The smallest absolute Gasteiger partial charge is 0.338 e. The van der Waals surface area contributed by atoms with Gasteiger partial charge in [0.1, 0.15) is 0 Å². The van der Waals surface area contributed by atoms with Crippen molar-refractivity contribution in [3.63, 3.8) is 0 Å². The number of sulfonamides is 1. The minimum atomic E-state index is -3.84. The molecule has 0 radical (unpaired) electrons. The molecule has 3 aromatic carbocycles. The fourth-order valence-corrected chi connectivity index (χ4v) is 4.34. The molecule has 34 heavy (non-hydrogen) atoms. The highest BCUT2D eigenvalue weighted by Crippen LogP contribution is 2.14. The Kier molecular flexibility index (Phi) is 8.56. The zero-order valence-corrected chi connectivity index (χ0v) is 20.0. The molecule has 0 fully saturated rings. The molecule has 0 spiro atoms. The lowest BCUT2D eigenvalue weighted by atomic mass is 10.2. The number of carbonyl (C=O) groups excluding carboxylic acids is 2. The van der Waals surface area contributed by atoms with Crippen LogP contribution in [-0.4, -0.2) is 37.8 Å². The molecule has 1 N–H and O–H groups in total. The Morgan fingerprint density at radius 2 is 1.50 bits per heavy atom. The number of carbonyl (C=O) groups is 2. The van der Waals surface area contributed by atoms with Crippen LogP contribution in [0.25, 0.3) is 0 Å². The second-order valence-corrected chi connectivity index (χ2v) is 9.78. The first kappa shape index (κ1) is 25.1. The molecule has 7 nitrogen and oxygen atoms in total. The molecule has 0 bridgehead atoms. The number of nitrogens with zero attached hydrogens (tertiary/aromatic N) is 1. The number of hydrogen-bond acceptors (Lipinski definition) is 5. The van der Waals surface area contributed by atoms with Crippen LogP contribution in [0.3, 0.4) is 0 Å². The second-order valence-electron chi connectivity index (χ2n) is 8.02. The Morgan fingerprint density at radius 1 is 0.882 bits per heavy atom. The van der Waals surface area contributed by atoms with Crippen LogP contribution in [-0.2, 0) is 32.6 Å². The lowest BCUT2D eigenvalue weighted by Crippen LogP contribution is -2.39. The van der Waals surface area contributed by atoms with Gasteiger partial charge in [0, 0.05) is 19.1 Å². The predicted octanol–water partition coefficient (Wildman–Crippen LogP) is 3.76. The SMILES string of the molecule is CC(C)N(Cc1ccccc1)C(=O)COC(=O)c1cccc(S(=O)(=O)NCc2ccccc2)c1. The highest BCUT2D eigenvalue weighted by molar-refractivity contribution is 7.89. The van der Waals surface area contributed by atoms with Crippen LogP contribution < -0.4 is 4.72 Å². The number of nitrogens with one attached hydrogen (secondary N) is 1. The van der Waals surface area contributed by atoms with Crippen molar-refractivity contribution in [2.75, 3.05) is 6.61 Å². The van der Waals surface area contributed by atoms with Gasteiger partial charge in [-0.15, -0.1) is 0 Å². The molecule has 1 amide bonds. The average Bonchev–Trinajstić information content (AvgIpc) is 2.85. The van der Waals surface area contributed by atoms with Gasteiger partial charge in [-0.3, -0.25) is 4.79 Å². The van der Waals surface area contributed by atoms with Crippen LogP contribution in [0.5, 0.6) is 0 Å². The van der Waals surface area contributed by atoms with Crippen molar-refractivity contribution in [3.8, 4) is 0 Å². The van der Waals surface area contributed by atoms with E-state index in [1.165, 1.54) is 24.3 Å².